The van der Waals surface area contributed by atoms with Crippen molar-refractivity contribution < 1.29 is 42.1 Å². The van der Waals surface area contributed by atoms with Gasteiger partial charge in [-0.3, -0.25) is 18.6 Å². The maximum Gasteiger partial charge on any atom is 0.472 e. The Balaban J connectivity index is 4.04. The highest BCUT2D eigenvalue weighted by atomic mass is 31.2. The zero-order valence-electron chi connectivity index (χ0n) is 57.5. The van der Waals surface area contributed by atoms with Crippen LogP contribution in [0.5, 0.6) is 0 Å². The van der Waals surface area contributed by atoms with Gasteiger partial charge in [-0.25, -0.2) is 4.57 Å². The van der Waals surface area contributed by atoms with Crippen LogP contribution in [0.2, 0.25) is 0 Å². The van der Waals surface area contributed by atoms with E-state index in [-0.39, 0.29) is 32.0 Å². The number of nitrogens with zero attached hydrogens (tertiary/aromatic N) is 1. The summed E-state index contributed by atoms with van der Waals surface area (Å²) in [5.41, 5.74) is 0. The Labute approximate surface area is 538 Å². The maximum absolute atomic E-state index is 12.9. The third kappa shape index (κ3) is 71.9. The summed E-state index contributed by atoms with van der Waals surface area (Å²) in [6.45, 7) is 4.30. The third-order valence-electron chi connectivity index (χ3n) is 15.9. The molecule has 87 heavy (non-hydrogen) atoms. The molecule has 0 saturated carbocycles. The van der Waals surface area contributed by atoms with Crippen LogP contribution in [0, 0.1) is 0 Å². The van der Waals surface area contributed by atoms with Gasteiger partial charge in [-0.2, -0.15) is 0 Å². The maximum atomic E-state index is 12.9. The minimum atomic E-state index is -4.41. The van der Waals surface area contributed by atoms with Crippen molar-refractivity contribution in [3.63, 3.8) is 0 Å². The van der Waals surface area contributed by atoms with Gasteiger partial charge >= 0.3 is 19.8 Å². The van der Waals surface area contributed by atoms with Gasteiger partial charge in [-0.1, -0.05) is 336 Å². The van der Waals surface area contributed by atoms with Crippen LogP contribution in [0.1, 0.15) is 328 Å². The van der Waals surface area contributed by atoms with Crippen LogP contribution >= 0.6 is 7.82 Å². The third-order valence-corrected chi connectivity index (χ3v) is 16.9. The molecule has 0 radical (unpaired) electrons. The first-order valence-electron chi connectivity index (χ1n) is 36.5. The predicted molar refractivity (Wildman–Crippen MR) is 376 cm³/mol. The van der Waals surface area contributed by atoms with Crippen molar-refractivity contribution >= 4 is 19.8 Å². The Bertz CT molecular complexity index is 1790. The first-order chi connectivity index (χ1) is 42.5. The number of phosphoric ester groups is 1. The molecular weight excluding hydrogens is 1100 g/mol. The summed E-state index contributed by atoms with van der Waals surface area (Å²) in [5.74, 6) is -0.842. The summed E-state index contributed by atoms with van der Waals surface area (Å²) < 4.78 is 34.7. The molecule has 10 heteroatoms. The first-order valence-corrected chi connectivity index (χ1v) is 38.0. The van der Waals surface area contributed by atoms with Crippen molar-refractivity contribution in [2.45, 2.75) is 335 Å². The Kier molecular flexibility index (Phi) is 65.0. The molecule has 0 bridgehead atoms. The number of esters is 2. The van der Waals surface area contributed by atoms with Crippen LogP contribution in [0.4, 0.5) is 0 Å². The molecule has 0 aromatic heterocycles. The number of hydrogen-bond donors (Lipinski definition) is 1. The molecule has 0 amide bonds. The van der Waals surface area contributed by atoms with Crippen molar-refractivity contribution in [1.82, 2.24) is 0 Å². The van der Waals surface area contributed by atoms with Crippen LogP contribution in [-0.4, -0.2) is 74.9 Å². The zero-order valence-corrected chi connectivity index (χ0v) is 58.4. The molecule has 0 spiro atoms. The van der Waals surface area contributed by atoms with Gasteiger partial charge in [0.2, 0.25) is 0 Å². The summed E-state index contributed by atoms with van der Waals surface area (Å²) in [5, 5.41) is 0. The molecular formula is C77H139NO8P+. The number of allylic oxidation sites excluding steroid dienone is 16. The number of ether oxygens (including phenoxy) is 2. The zero-order chi connectivity index (χ0) is 63.4. The van der Waals surface area contributed by atoms with Crippen LogP contribution in [0.25, 0.3) is 0 Å². The van der Waals surface area contributed by atoms with Gasteiger partial charge in [0.25, 0.3) is 0 Å². The lowest BCUT2D eigenvalue weighted by molar-refractivity contribution is -0.870. The highest BCUT2D eigenvalue weighted by molar-refractivity contribution is 7.47. The molecule has 0 aliphatic heterocycles. The topological polar surface area (TPSA) is 108 Å². The fraction of sp³-hybridized carbons (Fsp3) is 0.766. The SMILES string of the molecule is CC/C=C\C/C=C\C/C=C\C/C=C\C/C=C\C/C=C\C/C=C\C/C=C\CCCCC(=O)OC(COC(=O)CCCCCCCCCCCCCCCCCCCCCCCCCCCCCCCCCCCCCC)COP(=O)(O)OCC[N+](C)(C)C. The van der Waals surface area contributed by atoms with E-state index in [2.05, 4.69) is 111 Å². The van der Waals surface area contributed by atoms with Crippen molar-refractivity contribution in [2.24, 2.45) is 0 Å². The highest BCUT2D eigenvalue weighted by Gasteiger charge is 2.27. The number of carbonyl (C=O) groups is 2. The molecule has 2 atom stereocenters. The molecule has 0 aliphatic carbocycles. The van der Waals surface area contributed by atoms with Gasteiger partial charge in [-0.15, -0.1) is 0 Å². The second kappa shape index (κ2) is 67.3. The quantitative estimate of drug-likeness (QED) is 0.0211. The van der Waals surface area contributed by atoms with E-state index < -0.39 is 26.5 Å². The van der Waals surface area contributed by atoms with Gasteiger partial charge in [0.05, 0.1) is 27.7 Å². The van der Waals surface area contributed by atoms with Gasteiger partial charge in [0, 0.05) is 12.8 Å². The molecule has 0 saturated heterocycles. The number of phosphoric acid groups is 1. The summed E-state index contributed by atoms with van der Waals surface area (Å²) in [7, 11) is 1.45. The molecule has 0 aliphatic rings. The van der Waals surface area contributed by atoms with Crippen LogP contribution in [-0.2, 0) is 32.7 Å². The average Bonchev–Trinajstić information content (AvgIpc) is 3.68. The van der Waals surface area contributed by atoms with E-state index in [9.17, 15) is 19.0 Å². The minimum Gasteiger partial charge on any atom is -0.462 e. The van der Waals surface area contributed by atoms with E-state index in [0.717, 1.165) is 83.5 Å². The normalized spacial score (nSPS) is 13.7. The number of carbonyl (C=O) groups excluding carboxylic acids is 2. The highest BCUT2D eigenvalue weighted by Crippen LogP contribution is 2.43. The van der Waals surface area contributed by atoms with Crippen molar-refractivity contribution in [3.05, 3.63) is 97.2 Å². The van der Waals surface area contributed by atoms with E-state index >= 15 is 0 Å². The molecule has 0 heterocycles. The fourth-order valence-electron chi connectivity index (χ4n) is 10.3. The smallest absolute Gasteiger partial charge is 0.462 e. The van der Waals surface area contributed by atoms with E-state index in [1.807, 2.05) is 21.1 Å². The largest absolute Gasteiger partial charge is 0.472 e. The number of rotatable bonds is 67. The van der Waals surface area contributed by atoms with E-state index in [1.54, 1.807) is 0 Å². The van der Waals surface area contributed by atoms with E-state index in [0.29, 0.717) is 17.4 Å². The van der Waals surface area contributed by atoms with E-state index in [4.69, 9.17) is 18.5 Å². The standard InChI is InChI=1S/C77H138NO8P/c1-6-8-10-12-14-16-18-20-22-24-26-28-30-32-34-35-36-37-38-39-40-41-42-44-45-47-49-51-53-55-57-59-61-63-65-67-69-76(79)83-73-75(74-85-87(81,82)84-72-71-78(3,4)5)86-77(80)70-68-66-64-62-60-58-56-54-52-50-48-46-43-33-31-29-27-25-23-21-19-17-15-13-11-9-7-2/h9,11,15,17,21,23,27,29,33,43,48,50,54,56,60,62,75H,6-8,10,12-14,16,18-20,22,24-26,28,30-32,34-42,44-47,49,51-53,55,57-59,61,63-74H2,1-5H3/p+1/b11-9-,17-15-,23-21-,29-27-,43-33-,50-48-,56-54-,62-60-. The molecule has 504 valence electrons. The lowest BCUT2D eigenvalue weighted by atomic mass is 10.0. The van der Waals surface area contributed by atoms with Gasteiger partial charge < -0.3 is 18.9 Å². The molecule has 0 fully saturated rings. The monoisotopic (exact) mass is 1240 g/mol. The first kappa shape index (κ1) is 83.9. The molecule has 1 N–H and O–H groups in total. The molecule has 9 nitrogen and oxygen atoms in total. The fourth-order valence-corrected chi connectivity index (χ4v) is 11.1. The summed E-state index contributed by atoms with van der Waals surface area (Å²) in [6, 6.07) is 0. The minimum absolute atomic E-state index is 0.0194. The van der Waals surface area contributed by atoms with Crippen molar-refractivity contribution in [3.8, 4) is 0 Å². The molecule has 2 unspecified atom stereocenters. The Morgan fingerprint density at radius 2 is 0.655 bits per heavy atom. The number of unbranched alkanes of at least 4 members (excludes halogenated alkanes) is 37. The Morgan fingerprint density at radius 1 is 0.368 bits per heavy atom. The summed E-state index contributed by atoms with van der Waals surface area (Å²) in [4.78, 5) is 35.9. The van der Waals surface area contributed by atoms with Gasteiger partial charge in [-0.05, 0) is 77.0 Å². The van der Waals surface area contributed by atoms with Crippen LogP contribution in [0.15, 0.2) is 97.2 Å². The second-order valence-electron chi connectivity index (χ2n) is 25.6. The lowest BCUT2D eigenvalue weighted by Gasteiger charge is -2.24. The lowest BCUT2D eigenvalue weighted by Crippen LogP contribution is -2.37. The Hall–Kier alpha value is -3.07. The van der Waals surface area contributed by atoms with Crippen molar-refractivity contribution in [2.75, 3.05) is 47.5 Å². The molecule has 0 aromatic carbocycles. The summed E-state index contributed by atoms with van der Waals surface area (Å²) >= 11 is 0. The summed E-state index contributed by atoms with van der Waals surface area (Å²) in [6.07, 6.45) is 94.0. The van der Waals surface area contributed by atoms with Crippen LogP contribution in [0.3, 0.4) is 0 Å². The Morgan fingerprint density at radius 3 is 0.977 bits per heavy atom. The van der Waals surface area contributed by atoms with Crippen LogP contribution < -0.4 is 0 Å². The molecule has 0 aromatic rings. The number of likely N-dealkylation sites (N-methyl/N-ethyl adjacent to an activating group) is 1. The van der Waals surface area contributed by atoms with Gasteiger partial charge in [0.15, 0.2) is 6.10 Å². The average molecular weight is 1240 g/mol. The second-order valence-corrected chi connectivity index (χ2v) is 27.1. The number of quaternary nitrogens is 1. The van der Waals surface area contributed by atoms with E-state index in [1.165, 1.54) is 212 Å². The predicted octanol–water partition coefficient (Wildman–Crippen LogP) is 23.9. The van der Waals surface area contributed by atoms with Crippen molar-refractivity contribution in [1.29, 1.82) is 0 Å². The molecule has 0 rings (SSSR count). The number of hydrogen-bond acceptors (Lipinski definition) is 7. The van der Waals surface area contributed by atoms with Gasteiger partial charge in [0.1, 0.15) is 19.8 Å².